The number of aromatic nitrogens is 1. The Kier molecular flexibility index (Phi) is 9.41. The van der Waals surface area contributed by atoms with Crippen LogP contribution in [0.2, 0.25) is 0 Å². The number of ether oxygens (including phenoxy) is 1. The number of hydrogen-bond acceptors (Lipinski definition) is 9. The molecule has 240 valence electrons. The van der Waals surface area contributed by atoms with E-state index in [9.17, 15) is 21.4 Å². The summed E-state index contributed by atoms with van der Waals surface area (Å²) in [6, 6.07) is 28.0. The van der Waals surface area contributed by atoms with E-state index in [0.29, 0.717) is 31.3 Å². The van der Waals surface area contributed by atoms with E-state index < -0.39 is 20.2 Å². The van der Waals surface area contributed by atoms with Gasteiger partial charge in [0, 0.05) is 19.5 Å². The summed E-state index contributed by atoms with van der Waals surface area (Å²) in [5, 5.41) is 2.90. The Morgan fingerprint density at radius 3 is 2.50 bits per heavy atom. The summed E-state index contributed by atoms with van der Waals surface area (Å²) >= 11 is 1.55. The van der Waals surface area contributed by atoms with Crippen LogP contribution in [0, 0.1) is 0 Å². The van der Waals surface area contributed by atoms with Crippen LogP contribution in [0.5, 0.6) is 5.75 Å². The smallest absolute Gasteiger partial charge is 0.283 e. The molecule has 0 radical (unpaired) electrons. The average Bonchev–Trinajstić information content (AvgIpc) is 3.56. The normalized spacial score (nSPS) is 14.3. The monoisotopic (exact) mass is 680 g/mol. The highest BCUT2D eigenvalue weighted by Crippen LogP contribution is 2.42. The molecule has 4 aromatic carbocycles. The van der Waals surface area contributed by atoms with Gasteiger partial charge in [0.25, 0.3) is 25.2 Å². The molecule has 6 rings (SSSR count). The number of fused-ring (bicyclic) bond motifs is 4. The first-order chi connectivity index (χ1) is 22.1. The molecule has 0 saturated heterocycles. The maximum atomic E-state index is 12.4. The summed E-state index contributed by atoms with van der Waals surface area (Å²) in [7, 11) is -7.91. The van der Waals surface area contributed by atoms with Crippen molar-refractivity contribution in [2.75, 3.05) is 29.5 Å². The molecule has 5 aromatic rings. The molecule has 46 heavy (non-hydrogen) atoms. The van der Waals surface area contributed by atoms with Crippen molar-refractivity contribution >= 4 is 64.3 Å². The Hall–Kier alpha value is -3.85. The molecule has 1 aromatic heterocycles. The van der Waals surface area contributed by atoms with Gasteiger partial charge in [0.05, 0.1) is 28.7 Å². The third-order valence-electron chi connectivity index (χ3n) is 7.59. The van der Waals surface area contributed by atoms with Gasteiger partial charge in [-0.1, -0.05) is 78.9 Å². The summed E-state index contributed by atoms with van der Waals surface area (Å²) in [5.41, 5.74) is 6.22. The molecule has 13 heteroatoms. The zero-order valence-corrected chi connectivity index (χ0v) is 27.6. The number of anilines is 1. The highest BCUT2D eigenvalue weighted by Gasteiger charge is 2.30. The molecule has 1 aliphatic rings. The number of nitrogens with zero attached hydrogens (tertiary/aromatic N) is 2. The molecule has 0 atom stereocenters. The van der Waals surface area contributed by atoms with Gasteiger partial charge < -0.3 is 9.64 Å². The molecule has 2 N–H and O–H groups in total. The molecule has 1 aliphatic heterocycles. The molecule has 10 nitrogen and oxygen atoms in total. The van der Waals surface area contributed by atoms with Crippen LogP contribution in [0.4, 0.5) is 5.69 Å². The van der Waals surface area contributed by atoms with Gasteiger partial charge in [-0.2, -0.15) is 31.2 Å². The molecule has 0 spiro atoms. The van der Waals surface area contributed by atoms with Gasteiger partial charge in [-0.3, -0.25) is 4.55 Å². The lowest BCUT2D eigenvalue weighted by molar-refractivity contribution is -0.667. The van der Waals surface area contributed by atoms with Gasteiger partial charge in [0.15, 0.2) is 12.3 Å². The lowest BCUT2D eigenvalue weighted by atomic mass is 10.0. The van der Waals surface area contributed by atoms with Crippen molar-refractivity contribution < 1.29 is 35.0 Å². The minimum atomic E-state index is -4.13. The van der Waals surface area contributed by atoms with E-state index in [0.717, 1.165) is 42.8 Å². The van der Waals surface area contributed by atoms with Crippen molar-refractivity contribution in [3.63, 3.8) is 0 Å². The van der Waals surface area contributed by atoms with Crippen LogP contribution in [0.25, 0.3) is 38.2 Å². The van der Waals surface area contributed by atoms with Crippen LogP contribution in [-0.4, -0.2) is 46.0 Å². The number of nitrogens with one attached hydrogen (secondary N) is 1. The largest absolute Gasteiger partial charge is 0.438 e. The van der Waals surface area contributed by atoms with Gasteiger partial charge in [-0.15, -0.1) is 0 Å². The van der Waals surface area contributed by atoms with Crippen LogP contribution in [0.15, 0.2) is 90.8 Å². The van der Waals surface area contributed by atoms with E-state index >= 15 is 0 Å². The second-order valence-corrected chi connectivity index (χ2v) is 15.2. The van der Waals surface area contributed by atoms with E-state index in [4.69, 9.17) is 9.02 Å². The average molecular weight is 681 g/mol. The van der Waals surface area contributed by atoms with Gasteiger partial charge in [0.2, 0.25) is 11.4 Å². The van der Waals surface area contributed by atoms with Crippen molar-refractivity contribution in [3.05, 3.63) is 95.8 Å². The van der Waals surface area contributed by atoms with E-state index in [1.807, 2.05) is 89.8 Å². The number of hydrogen-bond donors (Lipinski definition) is 2. The van der Waals surface area contributed by atoms with Gasteiger partial charge in [-0.25, -0.2) is 0 Å². The third-order valence-corrected chi connectivity index (χ3v) is 10.7. The lowest BCUT2D eigenvalue weighted by Crippen LogP contribution is -2.36. The van der Waals surface area contributed by atoms with Crippen LogP contribution >= 0.6 is 11.3 Å². The minimum absolute atomic E-state index is 0.192. The molecule has 0 aliphatic carbocycles. The summed E-state index contributed by atoms with van der Waals surface area (Å²) in [5.74, 6) is 0.603. The first kappa shape index (κ1) is 32.1. The van der Waals surface area contributed by atoms with Gasteiger partial charge in [-0.05, 0) is 47.2 Å². The number of rotatable bonds is 13. The second kappa shape index (κ2) is 13.5. The van der Waals surface area contributed by atoms with Gasteiger partial charge >= 0.3 is 0 Å². The van der Waals surface area contributed by atoms with E-state index in [-0.39, 0.29) is 24.3 Å². The van der Waals surface area contributed by atoms with Crippen LogP contribution in [-0.2, 0) is 31.1 Å². The Labute approximate surface area is 272 Å². The second-order valence-electron chi connectivity index (χ2n) is 10.8. The fraction of sp³-hybridized carbons (Fsp3) is 0.242. The first-order valence-corrected chi connectivity index (χ1v) is 18.9. The zero-order chi connectivity index (χ0) is 32.3. The van der Waals surface area contributed by atoms with E-state index in [1.165, 1.54) is 0 Å². The van der Waals surface area contributed by atoms with Crippen LogP contribution in [0.1, 0.15) is 24.8 Å². The molecule has 0 amide bonds. The van der Waals surface area contributed by atoms with Gasteiger partial charge in [0.1, 0.15) is 4.70 Å². The standard InChI is InChI=1S/C33H33N3O7S3/c1-2-34-43-46(40,41)21-9-18-35-28-22-26(24-10-4-3-5-11-24)14-16-29(28)42-31(35)23-32-36(19-8-20-45(37,38)39)33-27-13-7-6-12-25(27)15-17-30(33)44-32/h3-7,10-17,22-23,34H,2,8-9,18-21H2,1H3/p+1. The molecular weight excluding hydrogens is 647 g/mol. The summed E-state index contributed by atoms with van der Waals surface area (Å²) in [6.45, 7) is 2.79. The van der Waals surface area contributed by atoms with Crippen LogP contribution in [0.3, 0.4) is 0 Å². The molecule has 2 heterocycles. The number of hydroxylamine groups is 1. The number of aryl methyl sites for hydroxylation is 1. The van der Waals surface area contributed by atoms with E-state index in [2.05, 4.69) is 16.1 Å². The zero-order valence-electron chi connectivity index (χ0n) is 25.1. The van der Waals surface area contributed by atoms with E-state index in [1.54, 1.807) is 18.3 Å². The fourth-order valence-electron chi connectivity index (χ4n) is 5.55. The first-order valence-electron chi connectivity index (χ1n) is 14.9. The van der Waals surface area contributed by atoms with Crippen molar-refractivity contribution in [3.8, 4) is 16.9 Å². The van der Waals surface area contributed by atoms with Crippen molar-refractivity contribution in [2.45, 2.75) is 26.3 Å². The predicted molar refractivity (Wildman–Crippen MR) is 182 cm³/mol. The SMILES string of the molecule is CCNOS(=O)(=O)CCCN1C(=Cc2sc3ccc4ccccc4c3[n+]2CCCS(=O)(=O)O)Oc2ccc(-c3ccccc3)cc21. The third kappa shape index (κ3) is 7.25. The summed E-state index contributed by atoms with van der Waals surface area (Å²) in [4.78, 5) is 1.97. The Bertz CT molecular complexity index is 2130. The fourth-order valence-corrected chi connectivity index (χ4v) is 8.04. The van der Waals surface area contributed by atoms with Crippen molar-refractivity contribution in [1.82, 2.24) is 5.48 Å². The Morgan fingerprint density at radius 2 is 1.72 bits per heavy atom. The van der Waals surface area contributed by atoms with Crippen LogP contribution < -0.4 is 19.7 Å². The highest BCUT2D eigenvalue weighted by molar-refractivity contribution is 7.86. The molecule has 0 fully saturated rings. The topological polar surface area (TPSA) is 126 Å². The van der Waals surface area contributed by atoms with Crippen molar-refractivity contribution in [2.24, 2.45) is 0 Å². The molecule has 0 unspecified atom stereocenters. The number of benzene rings is 4. The quantitative estimate of drug-likeness (QED) is 0.0909. The lowest BCUT2D eigenvalue weighted by Gasteiger charge is -2.18. The maximum Gasteiger partial charge on any atom is 0.283 e. The predicted octanol–water partition coefficient (Wildman–Crippen LogP) is 5.75. The number of thiazole rings is 1. The molecule has 0 saturated carbocycles. The van der Waals surface area contributed by atoms with Crippen molar-refractivity contribution in [1.29, 1.82) is 0 Å². The molecular formula is C33H34N3O7S3+. The highest BCUT2D eigenvalue weighted by atomic mass is 32.2. The minimum Gasteiger partial charge on any atom is -0.438 e. The molecule has 0 bridgehead atoms. The Morgan fingerprint density at radius 1 is 0.935 bits per heavy atom. The summed E-state index contributed by atoms with van der Waals surface area (Å²) in [6.07, 6.45) is 2.40. The summed E-state index contributed by atoms with van der Waals surface area (Å²) < 4.78 is 71.8. The Balaban J connectivity index is 1.41. The maximum absolute atomic E-state index is 12.4.